The minimum absolute atomic E-state index is 0.153. The maximum Gasteiger partial charge on any atom is 0.252 e. The Bertz CT molecular complexity index is 1060. The zero-order chi connectivity index (χ0) is 17.9. The topological polar surface area (TPSA) is 68.0 Å². The standard InChI is InChI=1S/C21H17N3O2/c1-14-6-7-18-16(10-14)17(11-19(24-18)20-5-3-9-26-20)21(25)23-13-15-4-2-8-22-12-15/h2-12H,13H2,1H3,(H,23,25). The normalized spacial score (nSPS) is 10.8. The first-order chi connectivity index (χ1) is 12.7. The molecule has 1 aromatic carbocycles. The van der Waals surface area contributed by atoms with Crippen molar-refractivity contribution in [3.8, 4) is 11.5 Å². The molecule has 0 aliphatic carbocycles. The second kappa shape index (κ2) is 6.80. The van der Waals surface area contributed by atoms with Gasteiger partial charge < -0.3 is 9.73 Å². The first-order valence-electron chi connectivity index (χ1n) is 8.33. The number of aromatic nitrogens is 2. The van der Waals surface area contributed by atoms with Crippen molar-refractivity contribution in [2.24, 2.45) is 0 Å². The van der Waals surface area contributed by atoms with Crippen LogP contribution in [0.1, 0.15) is 21.5 Å². The van der Waals surface area contributed by atoms with Gasteiger partial charge in [0.05, 0.1) is 17.3 Å². The number of nitrogens with zero attached hydrogens (tertiary/aromatic N) is 2. The van der Waals surface area contributed by atoms with Crippen LogP contribution in [-0.2, 0) is 6.54 Å². The quantitative estimate of drug-likeness (QED) is 0.605. The zero-order valence-electron chi connectivity index (χ0n) is 14.3. The number of fused-ring (bicyclic) bond motifs is 1. The number of benzene rings is 1. The van der Waals surface area contributed by atoms with Crippen LogP contribution in [0, 0.1) is 6.92 Å². The number of carbonyl (C=O) groups is 1. The Hall–Kier alpha value is -3.47. The molecule has 5 nitrogen and oxygen atoms in total. The van der Waals surface area contributed by atoms with Crippen molar-refractivity contribution in [3.63, 3.8) is 0 Å². The van der Waals surface area contributed by atoms with Gasteiger partial charge in [-0.2, -0.15) is 0 Å². The lowest BCUT2D eigenvalue weighted by Gasteiger charge is -2.10. The summed E-state index contributed by atoms with van der Waals surface area (Å²) in [6, 6.07) is 15.1. The van der Waals surface area contributed by atoms with E-state index in [1.165, 1.54) is 0 Å². The molecule has 1 amide bonds. The van der Waals surface area contributed by atoms with E-state index in [1.807, 2.05) is 43.3 Å². The van der Waals surface area contributed by atoms with Gasteiger partial charge in [0.25, 0.3) is 5.91 Å². The van der Waals surface area contributed by atoms with Gasteiger partial charge in [0.1, 0.15) is 5.69 Å². The maximum atomic E-state index is 12.9. The van der Waals surface area contributed by atoms with Gasteiger partial charge in [-0.1, -0.05) is 17.7 Å². The fourth-order valence-electron chi connectivity index (χ4n) is 2.86. The molecule has 0 spiro atoms. The van der Waals surface area contributed by atoms with Crippen LogP contribution >= 0.6 is 0 Å². The molecule has 0 saturated heterocycles. The minimum Gasteiger partial charge on any atom is -0.463 e. The lowest BCUT2D eigenvalue weighted by molar-refractivity contribution is 0.0952. The largest absolute Gasteiger partial charge is 0.463 e. The van der Waals surface area contributed by atoms with E-state index in [9.17, 15) is 4.79 Å². The number of pyridine rings is 2. The van der Waals surface area contributed by atoms with Crippen molar-refractivity contribution in [3.05, 3.63) is 83.9 Å². The molecule has 1 N–H and O–H groups in total. The first-order valence-corrected chi connectivity index (χ1v) is 8.33. The summed E-state index contributed by atoms with van der Waals surface area (Å²) >= 11 is 0. The van der Waals surface area contributed by atoms with Crippen molar-refractivity contribution >= 4 is 16.8 Å². The Morgan fingerprint density at radius 2 is 2.08 bits per heavy atom. The smallest absolute Gasteiger partial charge is 0.252 e. The lowest BCUT2D eigenvalue weighted by atomic mass is 10.0. The van der Waals surface area contributed by atoms with Crippen LogP contribution in [0.5, 0.6) is 0 Å². The number of hydrogen-bond donors (Lipinski definition) is 1. The van der Waals surface area contributed by atoms with E-state index in [1.54, 1.807) is 30.8 Å². The van der Waals surface area contributed by atoms with Crippen LogP contribution < -0.4 is 5.32 Å². The molecule has 5 heteroatoms. The lowest BCUT2D eigenvalue weighted by Crippen LogP contribution is -2.23. The summed E-state index contributed by atoms with van der Waals surface area (Å²) in [4.78, 5) is 21.6. The fraction of sp³-hybridized carbons (Fsp3) is 0.0952. The molecule has 0 aliphatic rings. The Morgan fingerprint density at radius 3 is 2.85 bits per heavy atom. The van der Waals surface area contributed by atoms with E-state index in [2.05, 4.69) is 15.3 Å². The second-order valence-corrected chi connectivity index (χ2v) is 6.10. The van der Waals surface area contributed by atoms with Gasteiger partial charge >= 0.3 is 0 Å². The number of carbonyl (C=O) groups excluding carboxylic acids is 1. The van der Waals surface area contributed by atoms with Crippen molar-refractivity contribution in [1.82, 2.24) is 15.3 Å². The Labute approximate surface area is 150 Å². The van der Waals surface area contributed by atoms with E-state index in [-0.39, 0.29) is 5.91 Å². The molecule has 0 fully saturated rings. The maximum absolute atomic E-state index is 12.9. The molecule has 3 aromatic heterocycles. The summed E-state index contributed by atoms with van der Waals surface area (Å²) in [6.07, 6.45) is 5.04. The predicted molar refractivity (Wildman–Crippen MR) is 99.6 cm³/mol. The molecule has 0 saturated carbocycles. The summed E-state index contributed by atoms with van der Waals surface area (Å²) in [5.41, 5.74) is 4.00. The molecule has 0 unspecified atom stereocenters. The van der Waals surface area contributed by atoms with Gasteiger partial charge in [0, 0.05) is 24.3 Å². The Morgan fingerprint density at radius 1 is 1.15 bits per heavy atom. The van der Waals surface area contributed by atoms with Gasteiger partial charge in [-0.3, -0.25) is 9.78 Å². The average Bonchev–Trinajstić information content (AvgIpc) is 3.21. The molecule has 3 heterocycles. The summed E-state index contributed by atoms with van der Waals surface area (Å²) in [5, 5.41) is 3.79. The number of hydrogen-bond acceptors (Lipinski definition) is 4. The second-order valence-electron chi connectivity index (χ2n) is 6.10. The molecule has 0 aliphatic heterocycles. The average molecular weight is 343 g/mol. The SMILES string of the molecule is Cc1ccc2nc(-c3ccco3)cc(C(=O)NCc3cccnc3)c2c1. The molecule has 26 heavy (non-hydrogen) atoms. The monoisotopic (exact) mass is 343 g/mol. The molecule has 4 aromatic rings. The van der Waals surface area contributed by atoms with Gasteiger partial charge in [0.15, 0.2) is 5.76 Å². The van der Waals surface area contributed by atoms with E-state index in [4.69, 9.17) is 4.42 Å². The van der Waals surface area contributed by atoms with E-state index in [0.717, 1.165) is 22.0 Å². The zero-order valence-corrected chi connectivity index (χ0v) is 14.3. The number of aryl methyl sites for hydroxylation is 1. The van der Waals surface area contributed by atoms with Crippen LogP contribution in [0.2, 0.25) is 0 Å². The molecular weight excluding hydrogens is 326 g/mol. The number of rotatable bonds is 4. The molecule has 128 valence electrons. The summed E-state index contributed by atoms with van der Waals surface area (Å²) < 4.78 is 5.45. The van der Waals surface area contributed by atoms with Crippen LogP contribution in [0.15, 0.2) is 71.6 Å². The van der Waals surface area contributed by atoms with Crippen molar-refractivity contribution in [1.29, 1.82) is 0 Å². The van der Waals surface area contributed by atoms with Crippen LogP contribution in [0.4, 0.5) is 0 Å². The van der Waals surface area contributed by atoms with Crippen LogP contribution in [0.25, 0.3) is 22.4 Å². The molecule has 0 radical (unpaired) electrons. The highest BCUT2D eigenvalue weighted by Crippen LogP contribution is 2.26. The van der Waals surface area contributed by atoms with Crippen LogP contribution in [-0.4, -0.2) is 15.9 Å². The highest BCUT2D eigenvalue weighted by molar-refractivity contribution is 6.07. The van der Waals surface area contributed by atoms with Crippen molar-refractivity contribution in [2.75, 3.05) is 0 Å². The van der Waals surface area contributed by atoms with E-state index >= 15 is 0 Å². The number of amides is 1. The number of furan rings is 1. The third kappa shape index (κ3) is 3.19. The van der Waals surface area contributed by atoms with Gasteiger partial charge in [0.2, 0.25) is 0 Å². The van der Waals surface area contributed by atoms with Gasteiger partial charge in [-0.25, -0.2) is 4.98 Å². The van der Waals surface area contributed by atoms with Gasteiger partial charge in [-0.05, 0) is 48.9 Å². The van der Waals surface area contributed by atoms with Crippen molar-refractivity contribution < 1.29 is 9.21 Å². The van der Waals surface area contributed by atoms with Gasteiger partial charge in [-0.15, -0.1) is 0 Å². The Balaban J connectivity index is 1.74. The molecule has 0 bridgehead atoms. The first kappa shape index (κ1) is 16.0. The summed E-state index contributed by atoms with van der Waals surface area (Å²) in [5.74, 6) is 0.480. The molecular formula is C21H17N3O2. The highest BCUT2D eigenvalue weighted by atomic mass is 16.3. The molecule has 4 rings (SSSR count). The third-order valence-electron chi connectivity index (χ3n) is 4.16. The highest BCUT2D eigenvalue weighted by Gasteiger charge is 2.15. The number of nitrogens with one attached hydrogen (secondary N) is 1. The third-order valence-corrected chi connectivity index (χ3v) is 4.16. The summed E-state index contributed by atoms with van der Waals surface area (Å²) in [6.45, 7) is 2.41. The van der Waals surface area contributed by atoms with Crippen LogP contribution in [0.3, 0.4) is 0 Å². The Kier molecular flexibility index (Phi) is 4.19. The predicted octanol–water partition coefficient (Wildman–Crippen LogP) is 4.13. The minimum atomic E-state index is -0.153. The van der Waals surface area contributed by atoms with Crippen molar-refractivity contribution in [2.45, 2.75) is 13.5 Å². The molecule has 0 atom stereocenters. The fourth-order valence-corrected chi connectivity index (χ4v) is 2.86. The van der Waals surface area contributed by atoms with E-state index < -0.39 is 0 Å². The van der Waals surface area contributed by atoms with E-state index in [0.29, 0.717) is 23.6 Å². The summed E-state index contributed by atoms with van der Waals surface area (Å²) in [7, 11) is 0.